The Bertz CT molecular complexity index is 1190. The Balaban J connectivity index is 1.74. The summed E-state index contributed by atoms with van der Waals surface area (Å²) in [6, 6.07) is 8.40. The van der Waals surface area contributed by atoms with Crippen LogP contribution in [0.4, 0.5) is 14.5 Å². The first-order chi connectivity index (χ1) is 14.9. The second-order valence-corrected chi connectivity index (χ2v) is 7.49. The van der Waals surface area contributed by atoms with E-state index in [0.717, 1.165) is 35.2 Å². The molecule has 3 aromatic rings. The number of ether oxygens (including phenoxy) is 2. The van der Waals surface area contributed by atoms with E-state index >= 15 is 0 Å². The lowest BCUT2D eigenvalue weighted by atomic mass is 10.0. The molecule has 4 rings (SSSR count). The summed E-state index contributed by atoms with van der Waals surface area (Å²) in [6.45, 7) is 0.662. The van der Waals surface area contributed by atoms with Gasteiger partial charge in [0, 0.05) is 24.2 Å². The highest BCUT2D eigenvalue weighted by atomic mass is 35.5. The van der Waals surface area contributed by atoms with Crippen LogP contribution in [0.25, 0.3) is 5.69 Å². The molecule has 2 aromatic carbocycles. The summed E-state index contributed by atoms with van der Waals surface area (Å²) in [5.41, 5.74) is 0.531. The molecular formula is C22H20ClF2N3O3. The van der Waals surface area contributed by atoms with Crippen LogP contribution in [0.2, 0.25) is 5.02 Å². The summed E-state index contributed by atoms with van der Waals surface area (Å²) >= 11 is 6.42. The van der Waals surface area contributed by atoms with Crippen LogP contribution >= 0.6 is 11.6 Å². The van der Waals surface area contributed by atoms with E-state index in [0.29, 0.717) is 29.8 Å². The number of aromatic nitrogens is 2. The van der Waals surface area contributed by atoms with E-state index in [1.807, 2.05) is 17.0 Å². The molecule has 1 aliphatic rings. The minimum atomic E-state index is -0.902. The molecule has 162 valence electrons. The molecule has 31 heavy (non-hydrogen) atoms. The third kappa shape index (κ3) is 3.83. The maximum atomic E-state index is 14.2. The Kier molecular flexibility index (Phi) is 5.82. The SMILES string of the molecule is COc1ccc(C2CCCN2c2cnn(-c3ccc(F)cc3F)c(=O)c2Cl)c(OC)c1. The lowest BCUT2D eigenvalue weighted by Gasteiger charge is -2.28. The number of nitrogens with zero attached hydrogens (tertiary/aromatic N) is 3. The molecule has 0 radical (unpaired) electrons. The maximum Gasteiger partial charge on any atom is 0.292 e. The number of benzene rings is 2. The van der Waals surface area contributed by atoms with Crippen molar-refractivity contribution in [2.75, 3.05) is 25.7 Å². The lowest BCUT2D eigenvalue weighted by molar-refractivity contribution is 0.388. The third-order valence-corrected chi connectivity index (χ3v) is 5.76. The van der Waals surface area contributed by atoms with Crippen molar-refractivity contribution in [2.24, 2.45) is 0 Å². The van der Waals surface area contributed by atoms with Crippen LogP contribution in [0.15, 0.2) is 47.4 Å². The van der Waals surface area contributed by atoms with Gasteiger partial charge in [-0.1, -0.05) is 11.6 Å². The molecular weight excluding hydrogens is 428 g/mol. The lowest BCUT2D eigenvalue weighted by Crippen LogP contribution is -2.29. The predicted molar refractivity (Wildman–Crippen MR) is 114 cm³/mol. The van der Waals surface area contributed by atoms with Gasteiger partial charge in [0.05, 0.1) is 32.1 Å². The molecule has 1 atom stereocenters. The molecule has 2 heterocycles. The summed E-state index contributed by atoms with van der Waals surface area (Å²) in [7, 11) is 3.17. The normalized spacial score (nSPS) is 15.9. The smallest absolute Gasteiger partial charge is 0.292 e. The van der Waals surface area contributed by atoms with Gasteiger partial charge in [0.1, 0.15) is 28.0 Å². The fraction of sp³-hybridized carbons (Fsp3) is 0.273. The Morgan fingerprint density at radius 3 is 2.61 bits per heavy atom. The Hall–Kier alpha value is -3.13. The highest BCUT2D eigenvalue weighted by Crippen LogP contribution is 2.42. The van der Waals surface area contributed by atoms with E-state index in [4.69, 9.17) is 21.1 Å². The van der Waals surface area contributed by atoms with Crippen LogP contribution in [0.1, 0.15) is 24.4 Å². The van der Waals surface area contributed by atoms with Crippen molar-refractivity contribution >= 4 is 17.3 Å². The van der Waals surface area contributed by atoms with E-state index < -0.39 is 17.2 Å². The highest BCUT2D eigenvalue weighted by molar-refractivity contribution is 6.33. The van der Waals surface area contributed by atoms with Gasteiger partial charge in [0.2, 0.25) is 0 Å². The monoisotopic (exact) mass is 447 g/mol. The molecule has 0 N–H and O–H groups in total. The third-order valence-electron chi connectivity index (χ3n) is 5.40. The van der Waals surface area contributed by atoms with Crippen LogP contribution in [0, 0.1) is 11.6 Å². The average Bonchev–Trinajstić information content (AvgIpc) is 3.25. The van der Waals surface area contributed by atoms with Crippen molar-refractivity contribution in [2.45, 2.75) is 18.9 Å². The van der Waals surface area contributed by atoms with Crippen molar-refractivity contribution < 1.29 is 18.3 Å². The van der Waals surface area contributed by atoms with Crippen LogP contribution in [-0.2, 0) is 0 Å². The number of hydrogen-bond acceptors (Lipinski definition) is 5. The first-order valence-corrected chi connectivity index (χ1v) is 10.0. The quantitative estimate of drug-likeness (QED) is 0.575. The maximum absolute atomic E-state index is 14.2. The molecule has 0 amide bonds. The summed E-state index contributed by atoms with van der Waals surface area (Å²) in [4.78, 5) is 14.9. The van der Waals surface area contributed by atoms with Crippen LogP contribution in [0.3, 0.4) is 0 Å². The summed E-state index contributed by atoms with van der Waals surface area (Å²) in [6.07, 6.45) is 3.14. The van der Waals surface area contributed by atoms with Crippen LogP contribution < -0.4 is 19.9 Å². The highest BCUT2D eigenvalue weighted by Gasteiger charge is 2.31. The topological polar surface area (TPSA) is 56.6 Å². The van der Waals surface area contributed by atoms with Gasteiger partial charge in [-0.25, -0.2) is 8.78 Å². The second kappa shape index (κ2) is 8.55. The zero-order valence-electron chi connectivity index (χ0n) is 16.9. The van der Waals surface area contributed by atoms with Crippen molar-refractivity contribution in [1.29, 1.82) is 0 Å². The number of anilines is 1. The summed E-state index contributed by atoms with van der Waals surface area (Å²) in [5.74, 6) is -0.304. The average molecular weight is 448 g/mol. The first kappa shape index (κ1) is 21.1. The minimum absolute atomic E-state index is 0.0851. The van der Waals surface area contributed by atoms with E-state index in [1.165, 1.54) is 6.20 Å². The zero-order valence-corrected chi connectivity index (χ0v) is 17.7. The number of rotatable bonds is 5. The molecule has 0 bridgehead atoms. The minimum Gasteiger partial charge on any atom is -0.497 e. The number of methoxy groups -OCH3 is 2. The fourth-order valence-corrected chi connectivity index (χ4v) is 4.16. The number of halogens is 3. The zero-order chi connectivity index (χ0) is 22.1. The van der Waals surface area contributed by atoms with E-state index in [2.05, 4.69) is 5.10 Å². The molecule has 1 aliphatic heterocycles. The van der Waals surface area contributed by atoms with Gasteiger partial charge in [-0.15, -0.1) is 0 Å². The molecule has 1 fully saturated rings. The van der Waals surface area contributed by atoms with E-state index in [9.17, 15) is 13.6 Å². The molecule has 6 nitrogen and oxygen atoms in total. The fourth-order valence-electron chi connectivity index (χ4n) is 3.92. The Morgan fingerprint density at radius 1 is 1.10 bits per heavy atom. The van der Waals surface area contributed by atoms with Gasteiger partial charge in [-0.2, -0.15) is 9.78 Å². The Morgan fingerprint density at radius 2 is 1.90 bits per heavy atom. The van der Waals surface area contributed by atoms with Gasteiger partial charge in [0.25, 0.3) is 5.56 Å². The van der Waals surface area contributed by atoms with Crippen LogP contribution in [-0.4, -0.2) is 30.5 Å². The first-order valence-electron chi connectivity index (χ1n) is 9.66. The van der Waals surface area contributed by atoms with Crippen LogP contribution in [0.5, 0.6) is 11.5 Å². The predicted octanol–water partition coefficient (Wildman–Crippen LogP) is 4.52. The van der Waals surface area contributed by atoms with Crippen molar-refractivity contribution in [3.05, 3.63) is 75.2 Å². The van der Waals surface area contributed by atoms with Gasteiger partial charge < -0.3 is 14.4 Å². The van der Waals surface area contributed by atoms with Gasteiger partial charge in [-0.3, -0.25) is 4.79 Å². The van der Waals surface area contributed by atoms with Gasteiger partial charge in [-0.05, 0) is 37.1 Å². The second-order valence-electron chi connectivity index (χ2n) is 7.12. The standard InChI is InChI=1S/C22H20ClF2N3O3/c1-30-14-6-7-15(20(11-14)31-2)17-4-3-9-27(17)19-12-26-28(22(29)21(19)23)18-8-5-13(24)10-16(18)25/h5-8,10-12,17H,3-4,9H2,1-2H3. The molecule has 1 aromatic heterocycles. The van der Waals surface area contributed by atoms with E-state index in [1.54, 1.807) is 20.3 Å². The molecule has 0 aliphatic carbocycles. The largest absolute Gasteiger partial charge is 0.497 e. The van der Waals surface area contributed by atoms with Crippen molar-refractivity contribution in [3.8, 4) is 17.2 Å². The Labute approximate surface area is 182 Å². The molecule has 1 saturated heterocycles. The van der Waals surface area contributed by atoms with Crippen molar-refractivity contribution in [3.63, 3.8) is 0 Å². The van der Waals surface area contributed by atoms with Crippen molar-refractivity contribution in [1.82, 2.24) is 9.78 Å². The molecule has 0 saturated carbocycles. The van der Waals surface area contributed by atoms with E-state index in [-0.39, 0.29) is 16.8 Å². The van der Waals surface area contributed by atoms with Gasteiger partial charge in [0.15, 0.2) is 5.82 Å². The molecule has 1 unspecified atom stereocenters. The number of hydrogen-bond donors (Lipinski definition) is 0. The molecule has 9 heteroatoms. The van der Waals surface area contributed by atoms with Gasteiger partial charge >= 0.3 is 0 Å². The summed E-state index contributed by atoms with van der Waals surface area (Å²) in [5, 5.41) is 4.02. The summed E-state index contributed by atoms with van der Waals surface area (Å²) < 4.78 is 39.0. The molecule has 0 spiro atoms.